The lowest BCUT2D eigenvalue weighted by molar-refractivity contribution is 0.0523. The quantitative estimate of drug-likeness (QED) is 0.407. The zero-order valence-corrected chi connectivity index (χ0v) is 19.7. The van der Waals surface area contributed by atoms with Crippen LogP contribution in [0.1, 0.15) is 35.2 Å². The predicted octanol–water partition coefficient (Wildman–Crippen LogP) is 3.86. The highest BCUT2D eigenvalue weighted by Gasteiger charge is 2.30. The molecule has 0 N–H and O–H groups in total. The van der Waals surface area contributed by atoms with Gasteiger partial charge in [0.15, 0.2) is 0 Å². The fourth-order valence-corrected chi connectivity index (χ4v) is 4.77. The van der Waals surface area contributed by atoms with Crippen LogP contribution in [-0.4, -0.2) is 59.1 Å². The van der Waals surface area contributed by atoms with Gasteiger partial charge >= 0.3 is 5.97 Å². The van der Waals surface area contributed by atoms with Crippen LogP contribution in [0.5, 0.6) is 0 Å². The number of esters is 1. The number of piperazine rings is 1. The number of aromatic nitrogens is 2. The van der Waals surface area contributed by atoms with Crippen molar-refractivity contribution in [3.05, 3.63) is 82.4 Å². The van der Waals surface area contributed by atoms with Crippen LogP contribution in [0.15, 0.2) is 65.6 Å². The minimum atomic E-state index is -0.632. The van der Waals surface area contributed by atoms with Crippen LogP contribution in [0.2, 0.25) is 0 Å². The van der Waals surface area contributed by atoms with Gasteiger partial charge in [-0.1, -0.05) is 49.9 Å². The minimum Gasteiger partial charge on any atom is -0.462 e. The summed E-state index contributed by atoms with van der Waals surface area (Å²) in [5.41, 5.74) is 1.37. The Bertz CT molecular complexity index is 1500. The standard InChI is InChI=1S/C27H26N4O4.CH4/c1-3-35-27(34)22-24(20-10-6-7-11-21(20)29(2)25(22)32)30-14-16-31(17-15-30)26(33)23-19-9-5-4-8-18(19)12-13-28-23;/h4-13H,3,14-17H2,1-2H3;1H4. The molecule has 1 amide bonds. The largest absolute Gasteiger partial charge is 0.462 e. The third kappa shape index (κ3) is 4.19. The molecule has 186 valence electrons. The summed E-state index contributed by atoms with van der Waals surface area (Å²) in [4.78, 5) is 47.6. The van der Waals surface area contributed by atoms with E-state index in [0.29, 0.717) is 37.6 Å². The second kappa shape index (κ2) is 10.2. The second-order valence-corrected chi connectivity index (χ2v) is 8.49. The maximum Gasteiger partial charge on any atom is 0.345 e. The molecule has 0 saturated carbocycles. The van der Waals surface area contributed by atoms with Gasteiger partial charge in [-0.25, -0.2) is 4.79 Å². The summed E-state index contributed by atoms with van der Waals surface area (Å²) in [6, 6.07) is 17.1. The zero-order chi connectivity index (χ0) is 24.5. The second-order valence-electron chi connectivity index (χ2n) is 8.49. The summed E-state index contributed by atoms with van der Waals surface area (Å²) in [7, 11) is 1.66. The lowest BCUT2D eigenvalue weighted by Crippen LogP contribution is -2.50. The molecular formula is C28H30N4O4. The Morgan fingerprint density at radius 1 is 0.944 bits per heavy atom. The number of ether oxygens (including phenoxy) is 1. The normalized spacial score (nSPS) is 13.5. The highest BCUT2D eigenvalue weighted by molar-refractivity contribution is 6.06. The molecular weight excluding hydrogens is 456 g/mol. The number of nitrogens with zero attached hydrogens (tertiary/aromatic N) is 4. The Morgan fingerprint density at radius 3 is 2.33 bits per heavy atom. The maximum atomic E-state index is 13.3. The first-order chi connectivity index (χ1) is 17.0. The summed E-state index contributed by atoms with van der Waals surface area (Å²) in [5.74, 6) is -0.756. The number of hydrogen-bond donors (Lipinski definition) is 0. The number of rotatable bonds is 4. The predicted molar refractivity (Wildman–Crippen MR) is 142 cm³/mol. The highest BCUT2D eigenvalue weighted by Crippen LogP contribution is 2.30. The molecule has 0 atom stereocenters. The molecule has 1 saturated heterocycles. The van der Waals surface area contributed by atoms with Crippen LogP contribution in [0.25, 0.3) is 21.7 Å². The fraction of sp³-hybridized carbons (Fsp3) is 0.286. The number of pyridine rings is 2. The van der Waals surface area contributed by atoms with E-state index in [2.05, 4.69) is 4.98 Å². The molecule has 0 bridgehead atoms. The maximum absolute atomic E-state index is 13.3. The number of carbonyl (C=O) groups is 2. The van der Waals surface area contributed by atoms with Gasteiger partial charge in [0.25, 0.3) is 11.5 Å². The summed E-state index contributed by atoms with van der Waals surface area (Å²) >= 11 is 0. The Morgan fingerprint density at radius 2 is 1.61 bits per heavy atom. The van der Waals surface area contributed by atoms with Crippen LogP contribution in [0, 0.1) is 0 Å². The molecule has 2 aromatic carbocycles. The lowest BCUT2D eigenvalue weighted by atomic mass is 10.1. The monoisotopic (exact) mass is 486 g/mol. The van der Waals surface area contributed by atoms with Crippen molar-refractivity contribution in [2.24, 2.45) is 7.05 Å². The van der Waals surface area contributed by atoms with Gasteiger partial charge < -0.3 is 19.1 Å². The fourth-order valence-electron chi connectivity index (χ4n) is 4.77. The third-order valence-corrected chi connectivity index (χ3v) is 6.51. The van der Waals surface area contributed by atoms with Crippen LogP contribution in [0.4, 0.5) is 5.69 Å². The van der Waals surface area contributed by atoms with E-state index >= 15 is 0 Å². The summed E-state index contributed by atoms with van der Waals surface area (Å²) in [6.07, 6.45) is 1.66. The van der Waals surface area contributed by atoms with Crippen LogP contribution in [0.3, 0.4) is 0 Å². The molecule has 0 radical (unpaired) electrons. The first kappa shape index (κ1) is 24.9. The van der Waals surface area contributed by atoms with Crippen molar-refractivity contribution in [2.75, 3.05) is 37.7 Å². The number of hydrogen-bond acceptors (Lipinski definition) is 6. The molecule has 0 unspecified atom stereocenters. The third-order valence-electron chi connectivity index (χ3n) is 6.51. The summed E-state index contributed by atoms with van der Waals surface area (Å²) in [5, 5.41) is 2.59. The first-order valence-corrected chi connectivity index (χ1v) is 11.7. The molecule has 0 spiro atoms. The van der Waals surface area contributed by atoms with Gasteiger partial charge in [-0.15, -0.1) is 0 Å². The van der Waals surface area contributed by atoms with Gasteiger partial charge in [0.2, 0.25) is 0 Å². The van der Waals surface area contributed by atoms with Crippen molar-refractivity contribution >= 4 is 39.2 Å². The van der Waals surface area contributed by atoms with E-state index in [0.717, 1.165) is 21.7 Å². The molecule has 4 aromatic rings. The Hall–Kier alpha value is -4.20. The van der Waals surface area contributed by atoms with Crippen molar-refractivity contribution in [2.45, 2.75) is 14.4 Å². The number of benzene rings is 2. The molecule has 2 aromatic heterocycles. The summed E-state index contributed by atoms with van der Waals surface area (Å²) in [6.45, 7) is 3.72. The smallest absolute Gasteiger partial charge is 0.345 e. The zero-order valence-electron chi connectivity index (χ0n) is 19.7. The van der Waals surface area contributed by atoms with Gasteiger partial charge in [0.1, 0.15) is 11.3 Å². The van der Waals surface area contributed by atoms with Crippen molar-refractivity contribution in [1.82, 2.24) is 14.5 Å². The molecule has 8 heteroatoms. The van der Waals surface area contributed by atoms with E-state index < -0.39 is 11.5 Å². The van der Waals surface area contributed by atoms with E-state index in [9.17, 15) is 14.4 Å². The molecule has 3 heterocycles. The van der Waals surface area contributed by atoms with Crippen molar-refractivity contribution in [1.29, 1.82) is 0 Å². The number of fused-ring (bicyclic) bond motifs is 2. The van der Waals surface area contributed by atoms with Crippen LogP contribution < -0.4 is 10.5 Å². The van der Waals surface area contributed by atoms with Crippen molar-refractivity contribution in [3.8, 4) is 0 Å². The van der Waals surface area contributed by atoms with Gasteiger partial charge in [-0.05, 0) is 24.4 Å². The molecule has 1 aliphatic rings. The van der Waals surface area contributed by atoms with Crippen LogP contribution >= 0.6 is 0 Å². The van der Waals surface area contributed by atoms with Gasteiger partial charge in [-0.2, -0.15) is 0 Å². The number of aryl methyl sites for hydroxylation is 1. The van der Waals surface area contributed by atoms with Gasteiger partial charge in [0, 0.05) is 50.2 Å². The lowest BCUT2D eigenvalue weighted by Gasteiger charge is -2.37. The Kier molecular flexibility index (Phi) is 7.05. The number of amides is 1. The topological polar surface area (TPSA) is 84.7 Å². The molecule has 36 heavy (non-hydrogen) atoms. The number of carbonyl (C=O) groups excluding carboxylic acids is 2. The number of anilines is 1. The average Bonchev–Trinajstić information content (AvgIpc) is 2.90. The highest BCUT2D eigenvalue weighted by atomic mass is 16.5. The first-order valence-electron chi connectivity index (χ1n) is 11.7. The van der Waals surface area contributed by atoms with E-state index in [-0.39, 0.29) is 25.5 Å². The molecule has 5 rings (SSSR count). The van der Waals surface area contributed by atoms with Crippen LogP contribution in [-0.2, 0) is 11.8 Å². The van der Waals surface area contributed by atoms with Gasteiger partial charge in [-0.3, -0.25) is 14.6 Å². The van der Waals surface area contributed by atoms with Crippen molar-refractivity contribution in [3.63, 3.8) is 0 Å². The molecule has 1 fully saturated rings. The van der Waals surface area contributed by atoms with Gasteiger partial charge in [0.05, 0.1) is 17.8 Å². The number of para-hydroxylation sites is 1. The van der Waals surface area contributed by atoms with E-state index in [1.165, 1.54) is 4.57 Å². The molecule has 1 aliphatic heterocycles. The molecule has 8 nitrogen and oxygen atoms in total. The average molecular weight is 487 g/mol. The van der Waals surface area contributed by atoms with Crippen molar-refractivity contribution < 1.29 is 14.3 Å². The van der Waals surface area contributed by atoms with E-state index in [1.807, 2.05) is 59.5 Å². The SMILES string of the molecule is C.CCOC(=O)c1c(N2CCN(C(=O)c3nccc4ccccc34)CC2)c2ccccc2n(C)c1=O. The minimum absolute atomic E-state index is 0. The van der Waals surface area contributed by atoms with E-state index in [4.69, 9.17) is 4.74 Å². The Balaban J connectivity index is 0.00000304. The van der Waals surface area contributed by atoms with E-state index in [1.54, 1.807) is 25.1 Å². The Labute approximate surface area is 209 Å². The summed E-state index contributed by atoms with van der Waals surface area (Å²) < 4.78 is 6.73. The molecule has 0 aliphatic carbocycles.